The van der Waals surface area contributed by atoms with Crippen LogP contribution in [0.1, 0.15) is 34.2 Å². The van der Waals surface area contributed by atoms with Crippen LogP contribution in [-0.2, 0) is 19.3 Å². The molecule has 164 valence electrons. The number of nitrogens with zero attached hydrogens (tertiary/aromatic N) is 3. The number of benzene rings is 1. The van der Waals surface area contributed by atoms with Gasteiger partial charge in [-0.1, -0.05) is 29.3 Å². The van der Waals surface area contributed by atoms with E-state index < -0.39 is 28.8 Å². The van der Waals surface area contributed by atoms with E-state index in [2.05, 4.69) is 5.10 Å². The van der Waals surface area contributed by atoms with Gasteiger partial charge in [-0.25, -0.2) is 4.79 Å². The van der Waals surface area contributed by atoms with Crippen LogP contribution in [0.3, 0.4) is 0 Å². The monoisotopic (exact) mass is 473 g/mol. The van der Waals surface area contributed by atoms with Crippen LogP contribution in [0.15, 0.2) is 35.3 Å². The first-order chi connectivity index (χ1) is 14.4. The molecule has 0 atom stereocenters. The molecule has 0 aliphatic carbocycles. The van der Waals surface area contributed by atoms with Gasteiger partial charge in [0, 0.05) is 30.1 Å². The maximum absolute atomic E-state index is 13.1. The van der Waals surface area contributed by atoms with Gasteiger partial charge in [-0.3, -0.25) is 9.48 Å². The molecule has 2 heterocycles. The largest absolute Gasteiger partial charge is 0.477 e. The number of pyridine rings is 1. The molecule has 1 N–H and O–H groups in total. The molecule has 0 bridgehead atoms. The molecule has 0 aliphatic rings. The molecular formula is C20H16Cl2F3N3O3. The Hall–Kier alpha value is -2.78. The van der Waals surface area contributed by atoms with Crippen LogP contribution in [0, 0.1) is 6.92 Å². The van der Waals surface area contributed by atoms with Crippen molar-refractivity contribution in [3.05, 3.63) is 73.2 Å². The predicted molar refractivity (Wildman–Crippen MR) is 110 cm³/mol. The van der Waals surface area contributed by atoms with E-state index in [0.717, 1.165) is 10.7 Å². The Morgan fingerprint density at radius 2 is 1.87 bits per heavy atom. The van der Waals surface area contributed by atoms with Crippen molar-refractivity contribution in [3.63, 3.8) is 0 Å². The average Bonchev–Trinajstić information content (AvgIpc) is 3.03. The van der Waals surface area contributed by atoms with Gasteiger partial charge >= 0.3 is 12.1 Å². The smallest absolute Gasteiger partial charge is 0.435 e. The number of carboxylic acids is 1. The zero-order valence-corrected chi connectivity index (χ0v) is 17.8. The second-order valence-corrected chi connectivity index (χ2v) is 7.57. The number of halogens is 5. The molecule has 0 aliphatic heterocycles. The van der Waals surface area contributed by atoms with Gasteiger partial charge in [0.05, 0.1) is 22.3 Å². The third-order valence-electron chi connectivity index (χ3n) is 4.66. The van der Waals surface area contributed by atoms with Crippen LogP contribution in [0.25, 0.3) is 11.3 Å². The van der Waals surface area contributed by atoms with Gasteiger partial charge in [0.15, 0.2) is 11.1 Å². The van der Waals surface area contributed by atoms with Crippen molar-refractivity contribution < 1.29 is 23.1 Å². The highest BCUT2D eigenvalue weighted by atomic mass is 35.5. The summed E-state index contributed by atoms with van der Waals surface area (Å²) in [4.78, 5) is 24.5. The Morgan fingerprint density at radius 1 is 1.19 bits per heavy atom. The standard InChI is InChI=1S/C20H16Cl2F3N3O3/c1-3-28-12(9-27-8-10(2)18(26-27)20(23,24)25)7-15(29)16(19(30)31)17(28)11-4-5-13(21)14(22)6-11/h4-8H,3,9H2,1-2H3,(H,30,31). The number of carboxylic acid groups (broad SMARTS) is 1. The van der Waals surface area contributed by atoms with Crippen LogP contribution in [-0.4, -0.2) is 25.4 Å². The summed E-state index contributed by atoms with van der Waals surface area (Å²) in [5.41, 5.74) is -1.65. The molecular weight excluding hydrogens is 458 g/mol. The first-order valence-electron chi connectivity index (χ1n) is 9.00. The summed E-state index contributed by atoms with van der Waals surface area (Å²) in [6, 6.07) is 5.51. The molecule has 0 spiro atoms. The number of hydrogen-bond donors (Lipinski definition) is 1. The molecule has 3 aromatic rings. The van der Waals surface area contributed by atoms with Crippen molar-refractivity contribution >= 4 is 29.2 Å². The van der Waals surface area contributed by atoms with Crippen molar-refractivity contribution in [1.29, 1.82) is 0 Å². The Balaban J connectivity index is 2.23. The van der Waals surface area contributed by atoms with Gasteiger partial charge in [-0.15, -0.1) is 0 Å². The summed E-state index contributed by atoms with van der Waals surface area (Å²) < 4.78 is 41.9. The van der Waals surface area contributed by atoms with Gasteiger partial charge in [-0.2, -0.15) is 18.3 Å². The number of carbonyl (C=O) groups is 1. The average molecular weight is 474 g/mol. The number of hydrogen-bond acceptors (Lipinski definition) is 3. The SMILES string of the molecule is CCn1c(Cn2cc(C)c(C(F)(F)F)n2)cc(=O)c(C(=O)O)c1-c1ccc(Cl)c(Cl)c1. The summed E-state index contributed by atoms with van der Waals surface area (Å²) in [5.74, 6) is -1.44. The molecule has 0 amide bonds. The Bertz CT molecular complexity index is 1230. The van der Waals surface area contributed by atoms with Crippen LogP contribution >= 0.6 is 23.2 Å². The lowest BCUT2D eigenvalue weighted by atomic mass is 10.0. The van der Waals surface area contributed by atoms with Gasteiger partial charge in [0.2, 0.25) is 0 Å². The fourth-order valence-corrected chi connectivity index (χ4v) is 3.69. The minimum atomic E-state index is -4.61. The van der Waals surface area contributed by atoms with E-state index in [-0.39, 0.29) is 40.1 Å². The lowest BCUT2D eigenvalue weighted by Crippen LogP contribution is -2.24. The van der Waals surface area contributed by atoms with Gasteiger partial charge in [-0.05, 0) is 31.5 Å². The van der Waals surface area contributed by atoms with Crippen molar-refractivity contribution in [2.24, 2.45) is 0 Å². The molecule has 31 heavy (non-hydrogen) atoms. The molecule has 6 nitrogen and oxygen atoms in total. The van der Waals surface area contributed by atoms with E-state index in [1.807, 2.05) is 0 Å². The van der Waals surface area contributed by atoms with E-state index in [1.54, 1.807) is 6.92 Å². The summed E-state index contributed by atoms with van der Waals surface area (Å²) in [7, 11) is 0. The topological polar surface area (TPSA) is 77.1 Å². The first-order valence-corrected chi connectivity index (χ1v) is 9.76. The highest BCUT2D eigenvalue weighted by Crippen LogP contribution is 2.32. The Morgan fingerprint density at radius 3 is 2.39 bits per heavy atom. The number of aromatic nitrogens is 3. The van der Waals surface area contributed by atoms with Crippen LogP contribution in [0.2, 0.25) is 10.0 Å². The number of rotatable bonds is 5. The fourth-order valence-electron chi connectivity index (χ4n) is 3.39. The summed E-state index contributed by atoms with van der Waals surface area (Å²) >= 11 is 12.0. The maximum atomic E-state index is 13.1. The maximum Gasteiger partial charge on any atom is 0.435 e. The molecule has 1 aromatic carbocycles. The second-order valence-electron chi connectivity index (χ2n) is 6.76. The quantitative estimate of drug-likeness (QED) is 0.558. The number of aryl methyl sites for hydroxylation is 1. The van der Waals surface area contributed by atoms with E-state index >= 15 is 0 Å². The van der Waals surface area contributed by atoms with Gasteiger partial charge in [0.1, 0.15) is 5.56 Å². The molecule has 2 aromatic heterocycles. The highest BCUT2D eigenvalue weighted by molar-refractivity contribution is 6.42. The number of alkyl halides is 3. The van der Waals surface area contributed by atoms with Crippen LogP contribution in [0.4, 0.5) is 13.2 Å². The van der Waals surface area contributed by atoms with E-state index in [1.165, 1.54) is 35.9 Å². The minimum Gasteiger partial charge on any atom is -0.477 e. The van der Waals surface area contributed by atoms with Crippen molar-refractivity contribution in [3.8, 4) is 11.3 Å². The summed E-state index contributed by atoms with van der Waals surface area (Å²) in [6.07, 6.45) is -3.39. The molecule has 0 saturated heterocycles. The van der Waals surface area contributed by atoms with Gasteiger partial charge in [0.25, 0.3) is 0 Å². The summed E-state index contributed by atoms with van der Waals surface area (Å²) in [6.45, 7) is 3.07. The second kappa shape index (κ2) is 8.39. The van der Waals surface area contributed by atoms with E-state index in [9.17, 15) is 27.9 Å². The van der Waals surface area contributed by atoms with Crippen molar-refractivity contribution in [2.75, 3.05) is 0 Å². The van der Waals surface area contributed by atoms with Crippen LogP contribution in [0.5, 0.6) is 0 Å². The van der Waals surface area contributed by atoms with Gasteiger partial charge < -0.3 is 9.67 Å². The third-order valence-corrected chi connectivity index (χ3v) is 5.40. The van der Waals surface area contributed by atoms with E-state index in [0.29, 0.717) is 5.56 Å². The van der Waals surface area contributed by atoms with Crippen LogP contribution < -0.4 is 5.43 Å². The fraction of sp³-hybridized carbons (Fsp3) is 0.250. The zero-order chi connectivity index (χ0) is 23.1. The predicted octanol–water partition coefficient (Wildman–Crippen LogP) is 5.11. The molecule has 11 heteroatoms. The lowest BCUT2D eigenvalue weighted by molar-refractivity contribution is -0.141. The molecule has 0 unspecified atom stereocenters. The Labute approximate surface area is 184 Å². The molecule has 0 fully saturated rings. The third kappa shape index (κ3) is 4.47. The molecule has 0 saturated carbocycles. The van der Waals surface area contributed by atoms with Crippen molar-refractivity contribution in [2.45, 2.75) is 33.1 Å². The zero-order valence-electron chi connectivity index (χ0n) is 16.3. The first kappa shape index (κ1) is 22.9. The highest BCUT2D eigenvalue weighted by Gasteiger charge is 2.36. The lowest BCUT2D eigenvalue weighted by Gasteiger charge is -2.20. The van der Waals surface area contributed by atoms with E-state index in [4.69, 9.17) is 23.2 Å². The Kier molecular flexibility index (Phi) is 6.20. The molecule has 0 radical (unpaired) electrons. The molecule has 3 rings (SSSR count). The normalized spacial score (nSPS) is 11.7. The van der Waals surface area contributed by atoms with Crippen molar-refractivity contribution in [1.82, 2.24) is 14.3 Å². The summed E-state index contributed by atoms with van der Waals surface area (Å²) in [5, 5.41) is 13.6. The minimum absolute atomic E-state index is 0.0650. The number of aromatic carboxylic acids is 1.